The Labute approximate surface area is 163 Å². The number of hydrogen-bond donors (Lipinski definition) is 0. The van der Waals surface area contributed by atoms with Crippen molar-refractivity contribution in [2.24, 2.45) is 4.99 Å². The normalized spacial score (nSPS) is 15.8. The zero-order valence-corrected chi connectivity index (χ0v) is 16.2. The fourth-order valence-corrected chi connectivity index (χ4v) is 4.26. The molecule has 6 nitrogen and oxygen atoms in total. The van der Waals surface area contributed by atoms with Crippen molar-refractivity contribution in [3.05, 3.63) is 71.2 Å². The van der Waals surface area contributed by atoms with Crippen LogP contribution in [-0.2, 0) is 19.6 Å². The molecule has 0 fully saturated rings. The third-order valence-corrected chi connectivity index (χ3v) is 6.26. The van der Waals surface area contributed by atoms with Crippen molar-refractivity contribution >= 4 is 28.0 Å². The SMILES string of the molecule is CCN(CC)S(=O)(=O)c1cccc(C2=NC(=Cc3ccc(F)cc3)C(=O)O2)c1. The molecule has 0 spiro atoms. The molecule has 0 bridgehead atoms. The van der Waals surface area contributed by atoms with Crippen molar-refractivity contribution < 1.29 is 22.3 Å². The van der Waals surface area contributed by atoms with Gasteiger partial charge in [-0.3, -0.25) is 0 Å². The minimum Gasteiger partial charge on any atom is -0.402 e. The second-order valence-corrected chi connectivity index (χ2v) is 7.94. The molecule has 0 saturated carbocycles. The van der Waals surface area contributed by atoms with Crippen LogP contribution < -0.4 is 0 Å². The van der Waals surface area contributed by atoms with Crippen molar-refractivity contribution in [3.63, 3.8) is 0 Å². The van der Waals surface area contributed by atoms with E-state index in [1.165, 1.54) is 46.8 Å². The summed E-state index contributed by atoms with van der Waals surface area (Å²) < 4.78 is 44.9. The van der Waals surface area contributed by atoms with E-state index in [0.29, 0.717) is 24.2 Å². The lowest BCUT2D eigenvalue weighted by Crippen LogP contribution is -2.30. The molecule has 0 aliphatic carbocycles. The van der Waals surface area contributed by atoms with Crippen LogP contribution in [0.5, 0.6) is 0 Å². The molecule has 28 heavy (non-hydrogen) atoms. The predicted molar refractivity (Wildman–Crippen MR) is 104 cm³/mol. The molecule has 3 rings (SSSR count). The number of carbonyl (C=O) groups is 1. The summed E-state index contributed by atoms with van der Waals surface area (Å²) in [6.07, 6.45) is 1.48. The number of sulfonamides is 1. The summed E-state index contributed by atoms with van der Waals surface area (Å²) in [6.45, 7) is 4.23. The van der Waals surface area contributed by atoms with Gasteiger partial charge in [0.2, 0.25) is 15.9 Å². The van der Waals surface area contributed by atoms with E-state index in [9.17, 15) is 17.6 Å². The Morgan fingerprint density at radius 1 is 1.11 bits per heavy atom. The predicted octanol–water partition coefficient (Wildman–Crippen LogP) is 3.20. The van der Waals surface area contributed by atoms with E-state index in [1.54, 1.807) is 26.0 Å². The minimum absolute atomic E-state index is 0.0231. The quantitative estimate of drug-likeness (QED) is 0.549. The summed E-state index contributed by atoms with van der Waals surface area (Å²) in [6, 6.07) is 11.7. The standard InChI is InChI=1S/C20H19FN2O4S/c1-3-23(4-2)28(25,26)17-7-5-6-15(13-17)19-22-18(20(24)27-19)12-14-8-10-16(21)11-9-14/h5-13H,3-4H2,1-2H3. The van der Waals surface area contributed by atoms with Gasteiger partial charge in [-0.25, -0.2) is 22.6 Å². The number of ether oxygens (including phenoxy) is 1. The van der Waals surface area contributed by atoms with Crippen molar-refractivity contribution in [1.29, 1.82) is 0 Å². The van der Waals surface area contributed by atoms with Gasteiger partial charge in [-0.2, -0.15) is 4.31 Å². The van der Waals surface area contributed by atoms with Crippen LogP contribution in [0, 0.1) is 5.82 Å². The molecule has 2 aromatic rings. The molecule has 1 heterocycles. The van der Waals surface area contributed by atoms with Gasteiger partial charge in [0.05, 0.1) is 4.90 Å². The molecule has 1 aliphatic rings. The Morgan fingerprint density at radius 3 is 2.43 bits per heavy atom. The largest absolute Gasteiger partial charge is 0.402 e. The van der Waals surface area contributed by atoms with E-state index in [0.717, 1.165) is 0 Å². The lowest BCUT2D eigenvalue weighted by Gasteiger charge is -2.18. The average molecular weight is 402 g/mol. The Bertz CT molecular complexity index is 1060. The first-order valence-corrected chi connectivity index (χ1v) is 10.2. The summed E-state index contributed by atoms with van der Waals surface area (Å²) in [5, 5.41) is 0. The van der Waals surface area contributed by atoms with Crippen LogP contribution >= 0.6 is 0 Å². The van der Waals surface area contributed by atoms with Gasteiger partial charge in [-0.05, 0) is 42.0 Å². The number of rotatable bonds is 6. The number of halogens is 1. The molecular formula is C20H19FN2O4S. The van der Waals surface area contributed by atoms with Gasteiger partial charge in [-0.15, -0.1) is 0 Å². The summed E-state index contributed by atoms with van der Waals surface area (Å²) in [5.41, 5.74) is 1.03. The fourth-order valence-electron chi connectivity index (χ4n) is 2.75. The summed E-state index contributed by atoms with van der Waals surface area (Å²) in [4.78, 5) is 16.4. The van der Waals surface area contributed by atoms with E-state index < -0.39 is 16.0 Å². The molecule has 2 aromatic carbocycles. The first-order chi connectivity index (χ1) is 13.3. The zero-order valence-electron chi connectivity index (χ0n) is 15.4. The van der Waals surface area contributed by atoms with Crippen molar-refractivity contribution in [2.75, 3.05) is 13.1 Å². The van der Waals surface area contributed by atoms with E-state index in [4.69, 9.17) is 4.74 Å². The maximum Gasteiger partial charge on any atom is 0.363 e. The van der Waals surface area contributed by atoms with Crippen LogP contribution in [0.4, 0.5) is 4.39 Å². The number of nitrogens with zero attached hydrogens (tertiary/aromatic N) is 2. The second-order valence-electron chi connectivity index (χ2n) is 6.00. The molecule has 146 valence electrons. The topological polar surface area (TPSA) is 76.0 Å². The van der Waals surface area contributed by atoms with Crippen molar-refractivity contribution in [1.82, 2.24) is 4.31 Å². The van der Waals surface area contributed by atoms with Crippen LogP contribution in [0.25, 0.3) is 6.08 Å². The molecule has 0 radical (unpaired) electrons. The highest BCUT2D eigenvalue weighted by atomic mass is 32.2. The van der Waals surface area contributed by atoms with Gasteiger partial charge >= 0.3 is 5.97 Å². The second kappa shape index (κ2) is 8.04. The molecule has 8 heteroatoms. The Hall–Kier alpha value is -2.84. The summed E-state index contributed by atoms with van der Waals surface area (Å²) >= 11 is 0. The number of aliphatic imine (C=N–C) groups is 1. The maximum atomic E-state index is 13.0. The Morgan fingerprint density at radius 2 is 1.79 bits per heavy atom. The van der Waals surface area contributed by atoms with E-state index >= 15 is 0 Å². The maximum absolute atomic E-state index is 13.0. The van der Waals surface area contributed by atoms with E-state index in [1.807, 2.05) is 0 Å². The number of benzene rings is 2. The Balaban J connectivity index is 1.94. The summed E-state index contributed by atoms with van der Waals surface area (Å²) in [7, 11) is -3.65. The van der Waals surface area contributed by atoms with Crippen LogP contribution in [0.15, 0.2) is 64.1 Å². The van der Waals surface area contributed by atoms with Crippen molar-refractivity contribution in [2.45, 2.75) is 18.7 Å². The molecule has 0 atom stereocenters. The number of carbonyl (C=O) groups excluding carboxylic acids is 1. The number of hydrogen-bond acceptors (Lipinski definition) is 5. The van der Waals surface area contributed by atoms with Gasteiger partial charge in [0.25, 0.3) is 0 Å². The molecule has 1 aliphatic heterocycles. The minimum atomic E-state index is -3.65. The third kappa shape index (κ3) is 4.02. The highest BCUT2D eigenvalue weighted by Crippen LogP contribution is 2.22. The first kappa shape index (κ1) is 19.9. The molecule has 0 unspecified atom stereocenters. The van der Waals surface area contributed by atoms with E-state index in [-0.39, 0.29) is 22.3 Å². The molecule has 0 N–H and O–H groups in total. The molecule has 0 aromatic heterocycles. The highest BCUT2D eigenvalue weighted by molar-refractivity contribution is 7.89. The first-order valence-electron chi connectivity index (χ1n) is 8.74. The van der Waals surface area contributed by atoms with Crippen LogP contribution in [0.3, 0.4) is 0 Å². The van der Waals surface area contributed by atoms with Gasteiger partial charge < -0.3 is 4.74 Å². The highest BCUT2D eigenvalue weighted by Gasteiger charge is 2.27. The molecular weight excluding hydrogens is 383 g/mol. The molecule has 0 amide bonds. The van der Waals surface area contributed by atoms with E-state index in [2.05, 4.69) is 4.99 Å². The van der Waals surface area contributed by atoms with Gasteiger partial charge in [0, 0.05) is 18.7 Å². The van der Waals surface area contributed by atoms with Crippen LogP contribution in [-0.4, -0.2) is 37.7 Å². The average Bonchev–Trinajstić information content (AvgIpc) is 3.05. The van der Waals surface area contributed by atoms with Crippen molar-refractivity contribution in [3.8, 4) is 0 Å². The number of esters is 1. The lowest BCUT2D eigenvalue weighted by molar-refractivity contribution is -0.129. The lowest BCUT2D eigenvalue weighted by atomic mass is 10.2. The van der Waals surface area contributed by atoms with Crippen LogP contribution in [0.2, 0.25) is 0 Å². The smallest absolute Gasteiger partial charge is 0.363 e. The Kier molecular flexibility index (Phi) is 5.71. The fraction of sp³-hybridized carbons (Fsp3) is 0.200. The van der Waals surface area contributed by atoms with Crippen LogP contribution in [0.1, 0.15) is 25.0 Å². The van der Waals surface area contributed by atoms with Gasteiger partial charge in [0.1, 0.15) is 5.82 Å². The molecule has 0 saturated heterocycles. The summed E-state index contributed by atoms with van der Waals surface area (Å²) in [5.74, 6) is -1.02. The van der Waals surface area contributed by atoms with Gasteiger partial charge in [0.15, 0.2) is 5.70 Å². The zero-order chi connectivity index (χ0) is 20.3. The third-order valence-electron chi connectivity index (χ3n) is 4.22. The number of cyclic esters (lactones) is 1. The van der Waals surface area contributed by atoms with Gasteiger partial charge in [-0.1, -0.05) is 32.0 Å². The monoisotopic (exact) mass is 402 g/mol.